The van der Waals surface area contributed by atoms with E-state index in [1.54, 1.807) is 4.90 Å². The Morgan fingerprint density at radius 3 is 2.52 bits per heavy atom. The molecule has 216 valence electrons. The summed E-state index contributed by atoms with van der Waals surface area (Å²) in [4.78, 5) is 58.9. The number of aromatic nitrogens is 1. The van der Waals surface area contributed by atoms with Gasteiger partial charge in [0.15, 0.2) is 0 Å². The van der Waals surface area contributed by atoms with Gasteiger partial charge in [-0.15, -0.1) is 0 Å². The van der Waals surface area contributed by atoms with Crippen LogP contribution in [0.1, 0.15) is 68.4 Å². The van der Waals surface area contributed by atoms with Crippen LogP contribution in [-0.4, -0.2) is 81.7 Å². The summed E-state index contributed by atoms with van der Waals surface area (Å²) in [7, 11) is 0. The Morgan fingerprint density at radius 2 is 1.85 bits per heavy atom. The first kappa shape index (κ1) is 28.0. The Labute approximate surface area is 231 Å². The zero-order chi connectivity index (χ0) is 28.8. The van der Waals surface area contributed by atoms with Crippen molar-refractivity contribution in [2.45, 2.75) is 88.5 Å². The average molecular weight is 559 g/mol. The molecule has 40 heavy (non-hydrogen) atoms. The van der Waals surface area contributed by atoms with Crippen LogP contribution in [-0.2, 0) is 20.3 Å². The standard InChI is InChI=1S/C28H36F2N6O4/c1-15(37)35-11-10-18-7-9-24(26(39)33-21-5-3-4-19(21)31)36(18)27(40)23(14-35)34-25(38)22-13-16-12-17(28(2,29)30)6-8-20(16)32-22/h6,8,12-13,18-19,21,23-24,32H,3-5,7,9-11,14,31H2,1-2H3,(H,33,39)(H,34,38)/t18-,19-,21+,23?,24+/m1/s1. The Balaban J connectivity index is 1.38. The summed E-state index contributed by atoms with van der Waals surface area (Å²) in [6.45, 7) is 2.56. The lowest BCUT2D eigenvalue weighted by molar-refractivity contribution is -0.145. The number of nitrogens with zero attached hydrogens (tertiary/aromatic N) is 2. The number of hydrogen-bond acceptors (Lipinski definition) is 5. The first-order chi connectivity index (χ1) is 18.9. The predicted octanol–water partition coefficient (Wildman–Crippen LogP) is 1.99. The summed E-state index contributed by atoms with van der Waals surface area (Å²) >= 11 is 0. The summed E-state index contributed by atoms with van der Waals surface area (Å²) < 4.78 is 27.6. The van der Waals surface area contributed by atoms with E-state index in [1.807, 2.05) is 0 Å². The molecule has 1 aromatic carbocycles. The van der Waals surface area contributed by atoms with Gasteiger partial charge in [-0.2, -0.15) is 0 Å². The molecule has 0 radical (unpaired) electrons. The van der Waals surface area contributed by atoms with Crippen molar-refractivity contribution in [2.75, 3.05) is 13.1 Å². The lowest BCUT2D eigenvalue weighted by Crippen LogP contribution is -2.61. The summed E-state index contributed by atoms with van der Waals surface area (Å²) in [6, 6.07) is 3.27. The van der Waals surface area contributed by atoms with Gasteiger partial charge in [-0.05, 0) is 56.7 Å². The molecule has 5 rings (SSSR count). The molecule has 2 saturated heterocycles. The highest BCUT2D eigenvalue weighted by atomic mass is 19.3. The minimum atomic E-state index is -3.03. The van der Waals surface area contributed by atoms with Crippen molar-refractivity contribution in [1.29, 1.82) is 0 Å². The molecule has 3 fully saturated rings. The highest BCUT2D eigenvalue weighted by molar-refractivity contribution is 6.01. The van der Waals surface area contributed by atoms with Crippen molar-refractivity contribution in [3.63, 3.8) is 0 Å². The van der Waals surface area contributed by atoms with Crippen LogP contribution in [0.4, 0.5) is 8.78 Å². The van der Waals surface area contributed by atoms with Crippen molar-refractivity contribution in [3.05, 3.63) is 35.5 Å². The van der Waals surface area contributed by atoms with Gasteiger partial charge in [-0.25, -0.2) is 8.78 Å². The third-order valence-corrected chi connectivity index (χ3v) is 8.51. The number of hydrogen-bond donors (Lipinski definition) is 4. The maximum absolute atomic E-state index is 13.9. The number of rotatable bonds is 5. The molecule has 1 unspecified atom stereocenters. The fourth-order valence-corrected chi connectivity index (χ4v) is 6.24. The van der Waals surface area contributed by atoms with E-state index >= 15 is 0 Å². The molecule has 3 aliphatic rings. The van der Waals surface area contributed by atoms with Crippen molar-refractivity contribution in [2.24, 2.45) is 5.73 Å². The van der Waals surface area contributed by atoms with Crippen LogP contribution in [0.3, 0.4) is 0 Å². The lowest BCUT2D eigenvalue weighted by atomic mass is 10.1. The first-order valence-electron chi connectivity index (χ1n) is 13.9. The number of benzene rings is 1. The summed E-state index contributed by atoms with van der Waals surface area (Å²) in [6.07, 6.45) is 4.20. The maximum atomic E-state index is 13.9. The van der Waals surface area contributed by atoms with Crippen LogP contribution < -0.4 is 16.4 Å². The number of fused-ring (bicyclic) bond motifs is 2. The van der Waals surface area contributed by atoms with Gasteiger partial charge in [0.1, 0.15) is 17.8 Å². The quantitative estimate of drug-likeness (QED) is 0.444. The van der Waals surface area contributed by atoms with E-state index in [9.17, 15) is 28.0 Å². The minimum absolute atomic E-state index is 0.0442. The molecule has 0 bridgehead atoms. The van der Waals surface area contributed by atoms with Gasteiger partial charge in [0.25, 0.3) is 11.8 Å². The number of H-pyrrole nitrogens is 1. The molecule has 5 N–H and O–H groups in total. The molecule has 1 aromatic heterocycles. The van der Waals surface area contributed by atoms with Crippen LogP contribution in [0.15, 0.2) is 24.3 Å². The van der Waals surface area contributed by atoms with E-state index in [1.165, 1.54) is 36.1 Å². The van der Waals surface area contributed by atoms with Crippen LogP contribution >= 0.6 is 0 Å². The van der Waals surface area contributed by atoms with Crippen molar-refractivity contribution >= 4 is 34.5 Å². The SMILES string of the molecule is CC(=O)N1CC[C@H]2CC[C@@H](C(=O)N[C@H]3CCC[C@H]3N)N2C(=O)C(NC(=O)c2cc3cc(C(C)(F)F)ccc3[nH]2)C1. The van der Waals surface area contributed by atoms with Gasteiger partial charge >= 0.3 is 0 Å². The Bertz CT molecular complexity index is 1320. The van der Waals surface area contributed by atoms with Crippen LogP contribution in [0.25, 0.3) is 10.9 Å². The highest BCUT2D eigenvalue weighted by Gasteiger charge is 2.46. The second-order valence-electron chi connectivity index (χ2n) is 11.4. The fraction of sp³-hybridized carbons (Fsp3) is 0.571. The largest absolute Gasteiger partial charge is 0.351 e. The zero-order valence-corrected chi connectivity index (χ0v) is 22.7. The molecular weight excluding hydrogens is 522 g/mol. The van der Waals surface area contributed by atoms with Gasteiger partial charge in [0, 0.05) is 61.5 Å². The van der Waals surface area contributed by atoms with E-state index in [0.29, 0.717) is 36.7 Å². The molecule has 5 atom stereocenters. The summed E-state index contributed by atoms with van der Waals surface area (Å²) in [5.74, 6) is -4.54. The Hall–Kier alpha value is -3.54. The summed E-state index contributed by atoms with van der Waals surface area (Å²) in [5, 5.41) is 6.20. The molecule has 4 amide bonds. The molecule has 0 spiro atoms. The maximum Gasteiger partial charge on any atom is 0.270 e. The molecule has 2 aromatic rings. The number of aromatic amines is 1. The highest BCUT2D eigenvalue weighted by Crippen LogP contribution is 2.31. The third kappa shape index (κ3) is 5.54. The number of amides is 4. The monoisotopic (exact) mass is 558 g/mol. The van der Waals surface area contributed by atoms with E-state index in [4.69, 9.17) is 5.73 Å². The number of carbonyl (C=O) groups excluding carboxylic acids is 4. The van der Waals surface area contributed by atoms with E-state index in [-0.39, 0.29) is 47.7 Å². The Morgan fingerprint density at radius 1 is 1.07 bits per heavy atom. The van der Waals surface area contributed by atoms with Crippen LogP contribution in [0.5, 0.6) is 0 Å². The molecule has 2 aliphatic heterocycles. The van der Waals surface area contributed by atoms with Gasteiger partial charge in [0.2, 0.25) is 17.7 Å². The summed E-state index contributed by atoms with van der Waals surface area (Å²) in [5.41, 5.74) is 6.55. The second kappa shape index (κ2) is 10.8. The third-order valence-electron chi connectivity index (χ3n) is 8.51. The predicted molar refractivity (Wildman–Crippen MR) is 143 cm³/mol. The number of nitrogens with two attached hydrogens (primary N) is 1. The molecule has 12 heteroatoms. The van der Waals surface area contributed by atoms with Crippen LogP contribution in [0, 0.1) is 0 Å². The van der Waals surface area contributed by atoms with Gasteiger partial charge < -0.3 is 31.2 Å². The average Bonchev–Trinajstić information content (AvgIpc) is 3.61. The van der Waals surface area contributed by atoms with Gasteiger partial charge in [-0.3, -0.25) is 19.2 Å². The second-order valence-corrected chi connectivity index (χ2v) is 11.4. The lowest BCUT2D eigenvalue weighted by Gasteiger charge is -2.38. The molecular formula is C28H36F2N6O4. The number of alkyl halides is 2. The van der Waals surface area contributed by atoms with E-state index in [0.717, 1.165) is 26.2 Å². The topological polar surface area (TPSA) is 141 Å². The van der Waals surface area contributed by atoms with E-state index < -0.39 is 29.8 Å². The van der Waals surface area contributed by atoms with Crippen LogP contribution in [0.2, 0.25) is 0 Å². The Kier molecular flexibility index (Phi) is 7.56. The molecule has 10 nitrogen and oxygen atoms in total. The van der Waals surface area contributed by atoms with Crippen molar-refractivity contribution in [3.8, 4) is 0 Å². The van der Waals surface area contributed by atoms with Gasteiger partial charge in [-0.1, -0.05) is 6.07 Å². The minimum Gasteiger partial charge on any atom is -0.351 e. The molecule has 3 heterocycles. The normalized spacial score (nSPS) is 27.3. The van der Waals surface area contributed by atoms with Crippen molar-refractivity contribution in [1.82, 2.24) is 25.4 Å². The zero-order valence-electron chi connectivity index (χ0n) is 22.7. The van der Waals surface area contributed by atoms with Crippen molar-refractivity contribution < 1.29 is 28.0 Å². The molecule has 1 saturated carbocycles. The smallest absolute Gasteiger partial charge is 0.270 e. The number of nitrogens with one attached hydrogen (secondary N) is 3. The molecule has 1 aliphatic carbocycles. The van der Waals surface area contributed by atoms with Gasteiger partial charge in [0.05, 0.1) is 0 Å². The number of carbonyl (C=O) groups is 4. The first-order valence-corrected chi connectivity index (χ1v) is 13.9. The number of halogens is 2. The fourth-order valence-electron chi connectivity index (χ4n) is 6.24. The van der Waals surface area contributed by atoms with E-state index in [2.05, 4.69) is 15.6 Å².